The summed E-state index contributed by atoms with van der Waals surface area (Å²) in [6.45, 7) is 3.00. The maximum absolute atomic E-state index is 12.8. The third kappa shape index (κ3) is 3.01. The minimum Gasteiger partial charge on any atom is -0.292 e. The summed E-state index contributed by atoms with van der Waals surface area (Å²) >= 11 is 0. The molecule has 0 amide bonds. The Hall–Kier alpha value is -2.71. The van der Waals surface area contributed by atoms with E-state index >= 15 is 0 Å². The zero-order valence-electron chi connectivity index (χ0n) is 14.3. The largest absolute Gasteiger partial charge is 0.292 e. The zero-order chi connectivity index (χ0) is 17.2. The topological polar surface area (TPSA) is 20.1 Å². The van der Waals surface area contributed by atoms with Gasteiger partial charge in [-0.05, 0) is 23.2 Å². The lowest BCUT2D eigenvalue weighted by atomic mass is 10.00. The number of hydrogen-bond acceptors (Lipinski definition) is 2. The number of benzene rings is 3. The molecule has 2 nitrogen and oxygen atoms in total. The van der Waals surface area contributed by atoms with Crippen LogP contribution in [0.5, 0.6) is 0 Å². The lowest BCUT2D eigenvalue weighted by molar-refractivity contribution is 0.0974. The van der Waals surface area contributed by atoms with Gasteiger partial charge in [-0.25, -0.2) is 0 Å². The third-order valence-electron chi connectivity index (χ3n) is 4.98. The van der Waals surface area contributed by atoms with Crippen LogP contribution in [0, 0.1) is 0 Å². The number of hydrogen-bond donors (Lipinski definition) is 0. The maximum atomic E-state index is 12.8. The Morgan fingerprint density at radius 1 is 0.800 bits per heavy atom. The SMILES string of the molecule is CCN1[C@@H](C(=O)c2ccccc2)[C@@H]1c1ccc(-c2ccccc2)cc1. The molecule has 0 spiro atoms. The number of nitrogens with zero attached hydrogens (tertiary/aromatic N) is 1. The normalized spacial score (nSPS) is 21.7. The number of ketones is 1. The molecule has 3 atom stereocenters. The molecule has 0 saturated carbocycles. The molecule has 0 radical (unpaired) electrons. The van der Waals surface area contributed by atoms with Crippen molar-refractivity contribution in [3.63, 3.8) is 0 Å². The van der Waals surface area contributed by atoms with Crippen LogP contribution in [0.3, 0.4) is 0 Å². The van der Waals surface area contributed by atoms with Gasteiger partial charge in [-0.2, -0.15) is 0 Å². The lowest BCUT2D eigenvalue weighted by Crippen LogP contribution is -2.12. The second kappa shape index (κ2) is 6.66. The maximum Gasteiger partial charge on any atom is 0.181 e. The molecule has 3 aromatic rings. The molecule has 1 fully saturated rings. The zero-order valence-corrected chi connectivity index (χ0v) is 14.3. The minimum atomic E-state index is -0.0324. The number of Topliss-reactive ketones (excluding diaryl/α,β-unsaturated/α-hetero) is 1. The predicted octanol–water partition coefficient (Wildman–Crippen LogP) is 4.98. The Balaban J connectivity index is 1.56. The molecule has 1 heterocycles. The van der Waals surface area contributed by atoms with Gasteiger partial charge < -0.3 is 0 Å². The van der Waals surface area contributed by atoms with Crippen LogP contribution in [0.1, 0.15) is 28.9 Å². The average molecular weight is 327 g/mol. The summed E-state index contributed by atoms with van der Waals surface area (Å²) in [5.74, 6) is 0.222. The molecule has 124 valence electrons. The highest BCUT2D eigenvalue weighted by molar-refractivity contribution is 6.02. The monoisotopic (exact) mass is 327 g/mol. The first-order chi connectivity index (χ1) is 12.3. The minimum absolute atomic E-state index is 0.0324. The molecule has 0 aromatic heterocycles. The molecule has 1 saturated heterocycles. The van der Waals surface area contributed by atoms with Crippen LogP contribution in [0.15, 0.2) is 84.9 Å². The molecule has 4 rings (SSSR count). The molecule has 1 aliphatic heterocycles. The molecular weight excluding hydrogens is 306 g/mol. The third-order valence-corrected chi connectivity index (χ3v) is 4.98. The van der Waals surface area contributed by atoms with E-state index in [0.29, 0.717) is 0 Å². The van der Waals surface area contributed by atoms with Crippen LogP contribution in [-0.2, 0) is 0 Å². The van der Waals surface area contributed by atoms with Crippen molar-refractivity contribution in [1.29, 1.82) is 0 Å². The molecular formula is C23H21NO. The van der Waals surface area contributed by atoms with E-state index < -0.39 is 0 Å². The van der Waals surface area contributed by atoms with Gasteiger partial charge in [0.15, 0.2) is 5.78 Å². The first kappa shape index (κ1) is 15.8. The second-order valence-electron chi connectivity index (χ2n) is 6.44. The lowest BCUT2D eigenvalue weighted by Gasteiger charge is -2.04. The van der Waals surface area contributed by atoms with Gasteiger partial charge in [0.2, 0.25) is 0 Å². The van der Waals surface area contributed by atoms with Crippen LogP contribution < -0.4 is 0 Å². The van der Waals surface area contributed by atoms with Gasteiger partial charge in [-0.3, -0.25) is 9.69 Å². The van der Waals surface area contributed by atoms with Crippen LogP contribution in [-0.4, -0.2) is 23.3 Å². The van der Waals surface area contributed by atoms with Crippen LogP contribution >= 0.6 is 0 Å². The van der Waals surface area contributed by atoms with Gasteiger partial charge in [0, 0.05) is 5.56 Å². The molecule has 1 unspecified atom stereocenters. The smallest absolute Gasteiger partial charge is 0.181 e. The highest BCUT2D eigenvalue weighted by Gasteiger charge is 2.51. The Kier molecular flexibility index (Phi) is 4.21. The molecule has 2 heteroatoms. The fourth-order valence-electron chi connectivity index (χ4n) is 3.61. The summed E-state index contributed by atoms with van der Waals surface area (Å²) < 4.78 is 0. The molecule has 0 aliphatic carbocycles. The van der Waals surface area contributed by atoms with Crippen molar-refractivity contribution >= 4 is 5.78 Å². The van der Waals surface area contributed by atoms with Crippen LogP contribution in [0.2, 0.25) is 0 Å². The summed E-state index contributed by atoms with van der Waals surface area (Å²) in [5.41, 5.74) is 4.44. The Bertz CT molecular complexity index is 856. The van der Waals surface area contributed by atoms with Crippen molar-refractivity contribution in [2.75, 3.05) is 6.54 Å². The highest BCUT2D eigenvalue weighted by Crippen LogP contribution is 2.44. The Morgan fingerprint density at radius 2 is 1.36 bits per heavy atom. The second-order valence-corrected chi connectivity index (χ2v) is 6.44. The molecule has 1 aliphatic rings. The summed E-state index contributed by atoms with van der Waals surface area (Å²) in [7, 11) is 0. The van der Waals surface area contributed by atoms with Crippen LogP contribution in [0.4, 0.5) is 0 Å². The van der Waals surface area contributed by atoms with E-state index in [1.54, 1.807) is 0 Å². The van der Waals surface area contributed by atoms with Gasteiger partial charge in [0.05, 0.1) is 12.1 Å². The van der Waals surface area contributed by atoms with Gasteiger partial charge in [-0.1, -0.05) is 91.9 Å². The summed E-state index contributed by atoms with van der Waals surface area (Å²) in [6, 6.07) is 28.8. The van der Waals surface area contributed by atoms with Crippen molar-refractivity contribution in [3.8, 4) is 11.1 Å². The van der Waals surface area contributed by atoms with E-state index in [-0.39, 0.29) is 17.9 Å². The van der Waals surface area contributed by atoms with Gasteiger partial charge in [-0.15, -0.1) is 0 Å². The Labute approximate surface area is 148 Å². The summed E-state index contributed by atoms with van der Waals surface area (Å²) in [6.07, 6.45) is 0. The quantitative estimate of drug-likeness (QED) is 0.486. The van der Waals surface area contributed by atoms with E-state index in [0.717, 1.165) is 12.1 Å². The first-order valence-corrected chi connectivity index (χ1v) is 8.80. The van der Waals surface area contributed by atoms with Crippen molar-refractivity contribution < 1.29 is 4.79 Å². The molecule has 25 heavy (non-hydrogen) atoms. The van der Waals surface area contributed by atoms with Gasteiger partial charge in [0.1, 0.15) is 0 Å². The van der Waals surface area contributed by atoms with Gasteiger partial charge >= 0.3 is 0 Å². The van der Waals surface area contributed by atoms with E-state index in [4.69, 9.17) is 0 Å². The van der Waals surface area contributed by atoms with E-state index in [1.165, 1.54) is 16.7 Å². The molecule has 0 bridgehead atoms. The fraction of sp³-hybridized carbons (Fsp3) is 0.174. The van der Waals surface area contributed by atoms with E-state index in [9.17, 15) is 4.79 Å². The number of carbonyl (C=O) groups excluding carboxylic acids is 1. The number of carbonyl (C=O) groups is 1. The summed E-state index contributed by atoms with van der Waals surface area (Å²) in [5, 5.41) is 0. The standard InChI is InChI=1S/C23H21NO/c1-2-24-21(22(24)23(25)20-11-7-4-8-12-20)19-15-13-18(14-16-19)17-9-5-3-6-10-17/h3-16,21-22H,2H2,1H3/t21-,22+,24?/m0/s1. The predicted molar refractivity (Wildman–Crippen MR) is 102 cm³/mol. The van der Waals surface area contributed by atoms with Crippen molar-refractivity contribution in [2.24, 2.45) is 0 Å². The molecule has 3 aromatic carbocycles. The molecule has 0 N–H and O–H groups in total. The van der Waals surface area contributed by atoms with E-state index in [1.807, 2.05) is 36.4 Å². The fourth-order valence-corrected chi connectivity index (χ4v) is 3.61. The highest BCUT2D eigenvalue weighted by atomic mass is 16.1. The van der Waals surface area contributed by atoms with E-state index in [2.05, 4.69) is 60.4 Å². The Morgan fingerprint density at radius 3 is 1.96 bits per heavy atom. The van der Waals surface area contributed by atoms with Crippen molar-refractivity contribution in [3.05, 3.63) is 96.1 Å². The van der Waals surface area contributed by atoms with Crippen molar-refractivity contribution in [2.45, 2.75) is 19.0 Å². The number of likely N-dealkylation sites (N-methyl/N-ethyl adjacent to an activating group) is 1. The van der Waals surface area contributed by atoms with Crippen molar-refractivity contribution in [1.82, 2.24) is 4.90 Å². The van der Waals surface area contributed by atoms with Crippen LogP contribution in [0.25, 0.3) is 11.1 Å². The average Bonchev–Trinajstić information content (AvgIpc) is 3.43. The summed E-state index contributed by atoms with van der Waals surface area (Å²) in [4.78, 5) is 15.1. The number of rotatable bonds is 5. The first-order valence-electron chi connectivity index (χ1n) is 8.80. The van der Waals surface area contributed by atoms with Gasteiger partial charge in [0.25, 0.3) is 0 Å².